The highest BCUT2D eigenvalue weighted by molar-refractivity contribution is 6.33. The second kappa shape index (κ2) is 5.03. The minimum Gasteiger partial charge on any atom is -0.404 e. The van der Waals surface area contributed by atoms with Crippen LogP contribution in [-0.4, -0.2) is 12.6 Å². The van der Waals surface area contributed by atoms with Gasteiger partial charge in [0.15, 0.2) is 0 Å². The molecule has 85 valence electrons. The first kappa shape index (κ1) is 12.6. The maximum absolute atomic E-state index is 11.9. The van der Waals surface area contributed by atoms with Crippen molar-refractivity contribution in [1.29, 1.82) is 0 Å². The molecular formula is C10H5ClF3O2. The van der Waals surface area contributed by atoms with Crippen molar-refractivity contribution in [3.05, 3.63) is 34.9 Å². The highest BCUT2D eigenvalue weighted by Gasteiger charge is 2.32. The van der Waals surface area contributed by atoms with Gasteiger partial charge in [0.2, 0.25) is 6.29 Å². The van der Waals surface area contributed by atoms with Crippen LogP contribution >= 0.6 is 11.6 Å². The standard InChI is InChI=1S/C10H5ClF3O2/c11-9-7(4-2-6-15)3-1-5-8(9)16-10(12,13)14/h1-5H/b4-2-. The molecule has 0 saturated carbocycles. The van der Waals surface area contributed by atoms with Crippen LogP contribution < -0.4 is 4.74 Å². The molecule has 6 heteroatoms. The van der Waals surface area contributed by atoms with Crippen LogP contribution in [0.5, 0.6) is 5.75 Å². The SMILES string of the molecule is O=[C]/C=C\c1cccc(OC(F)(F)F)c1Cl. The number of ether oxygens (including phenoxy) is 1. The van der Waals surface area contributed by atoms with E-state index in [2.05, 4.69) is 4.74 Å². The Balaban J connectivity index is 3.04. The summed E-state index contributed by atoms with van der Waals surface area (Å²) in [6, 6.07) is 3.86. The Morgan fingerprint density at radius 3 is 2.62 bits per heavy atom. The lowest BCUT2D eigenvalue weighted by Gasteiger charge is -2.11. The number of allylic oxidation sites excluding steroid dienone is 1. The zero-order valence-electron chi connectivity index (χ0n) is 7.72. The van der Waals surface area contributed by atoms with Gasteiger partial charge >= 0.3 is 6.36 Å². The average molecular weight is 250 g/mol. The van der Waals surface area contributed by atoms with E-state index in [1.54, 1.807) is 0 Å². The highest BCUT2D eigenvalue weighted by atomic mass is 35.5. The number of benzene rings is 1. The third kappa shape index (κ3) is 3.58. The minimum absolute atomic E-state index is 0.216. The number of rotatable bonds is 3. The van der Waals surface area contributed by atoms with E-state index in [-0.39, 0.29) is 10.6 Å². The van der Waals surface area contributed by atoms with E-state index >= 15 is 0 Å². The summed E-state index contributed by atoms with van der Waals surface area (Å²) >= 11 is 5.64. The predicted octanol–water partition coefficient (Wildman–Crippen LogP) is 3.36. The Bertz CT molecular complexity index is 413. The molecule has 0 aliphatic heterocycles. The summed E-state index contributed by atoms with van der Waals surface area (Å²) in [6.07, 6.45) is -1.11. The molecule has 0 saturated heterocycles. The molecule has 1 aromatic carbocycles. The molecule has 1 rings (SSSR count). The third-order valence-corrected chi connectivity index (χ3v) is 1.95. The fourth-order valence-corrected chi connectivity index (χ4v) is 1.21. The Hall–Kier alpha value is -1.49. The van der Waals surface area contributed by atoms with E-state index in [1.165, 1.54) is 24.5 Å². The van der Waals surface area contributed by atoms with Gasteiger partial charge in [-0.25, -0.2) is 0 Å². The fourth-order valence-electron chi connectivity index (χ4n) is 0.984. The monoisotopic (exact) mass is 249 g/mol. The zero-order chi connectivity index (χ0) is 12.2. The van der Waals surface area contributed by atoms with Crippen LogP contribution in [0.4, 0.5) is 13.2 Å². The molecule has 0 bridgehead atoms. The molecule has 0 heterocycles. The summed E-state index contributed by atoms with van der Waals surface area (Å²) in [5.41, 5.74) is 0.242. The molecule has 1 radical (unpaired) electrons. The van der Waals surface area contributed by atoms with E-state index in [4.69, 9.17) is 11.6 Å². The minimum atomic E-state index is -4.80. The number of carbonyl (C=O) groups excluding carboxylic acids is 1. The van der Waals surface area contributed by atoms with Crippen LogP contribution in [0.2, 0.25) is 5.02 Å². The Kier molecular flexibility index (Phi) is 3.95. The van der Waals surface area contributed by atoms with Crippen molar-refractivity contribution in [2.24, 2.45) is 0 Å². The molecule has 0 aliphatic rings. The molecular weight excluding hydrogens is 245 g/mol. The number of hydrogen-bond donors (Lipinski definition) is 0. The fraction of sp³-hybridized carbons (Fsp3) is 0.100. The third-order valence-electron chi connectivity index (χ3n) is 1.55. The van der Waals surface area contributed by atoms with Crippen molar-refractivity contribution in [3.63, 3.8) is 0 Å². The van der Waals surface area contributed by atoms with Gasteiger partial charge in [-0.2, -0.15) is 0 Å². The second-order valence-corrected chi connectivity index (χ2v) is 3.04. The maximum atomic E-state index is 11.9. The topological polar surface area (TPSA) is 26.3 Å². The molecule has 0 amide bonds. The summed E-state index contributed by atoms with van der Waals surface area (Å²) in [5.74, 6) is -0.512. The van der Waals surface area contributed by atoms with E-state index < -0.39 is 12.1 Å². The highest BCUT2D eigenvalue weighted by Crippen LogP contribution is 2.32. The normalized spacial score (nSPS) is 11.8. The van der Waals surface area contributed by atoms with Crippen molar-refractivity contribution >= 4 is 24.0 Å². The molecule has 0 spiro atoms. The maximum Gasteiger partial charge on any atom is 0.573 e. The van der Waals surface area contributed by atoms with Crippen LogP contribution in [0.1, 0.15) is 5.56 Å². The van der Waals surface area contributed by atoms with Gasteiger partial charge in [-0.15, -0.1) is 13.2 Å². The van der Waals surface area contributed by atoms with Crippen LogP contribution in [0.15, 0.2) is 24.3 Å². The Labute approximate surface area is 94.3 Å². The van der Waals surface area contributed by atoms with Gasteiger partial charge in [0.05, 0.1) is 5.02 Å². The smallest absolute Gasteiger partial charge is 0.404 e. The largest absolute Gasteiger partial charge is 0.573 e. The van der Waals surface area contributed by atoms with Crippen molar-refractivity contribution in [1.82, 2.24) is 0 Å². The summed E-state index contributed by atoms with van der Waals surface area (Å²) in [5, 5.41) is -0.216. The first-order chi connectivity index (χ1) is 7.44. The zero-order valence-corrected chi connectivity index (χ0v) is 8.47. The number of hydrogen-bond acceptors (Lipinski definition) is 2. The second-order valence-electron chi connectivity index (χ2n) is 2.66. The Morgan fingerprint density at radius 2 is 2.06 bits per heavy atom. The molecule has 0 unspecified atom stereocenters. The van der Waals surface area contributed by atoms with E-state index in [1.807, 2.05) is 0 Å². The molecule has 1 aromatic rings. The summed E-state index contributed by atoms with van der Waals surface area (Å²) in [7, 11) is 0. The van der Waals surface area contributed by atoms with E-state index in [9.17, 15) is 18.0 Å². The lowest BCUT2D eigenvalue weighted by Crippen LogP contribution is -2.17. The Morgan fingerprint density at radius 1 is 1.38 bits per heavy atom. The van der Waals surface area contributed by atoms with Crippen molar-refractivity contribution in [2.45, 2.75) is 6.36 Å². The number of alkyl halides is 3. The van der Waals surface area contributed by atoms with Crippen LogP contribution in [-0.2, 0) is 4.79 Å². The van der Waals surface area contributed by atoms with E-state index in [0.717, 1.165) is 12.1 Å². The van der Waals surface area contributed by atoms with E-state index in [0.29, 0.717) is 0 Å². The number of halogens is 4. The summed E-state index contributed by atoms with van der Waals surface area (Å²) < 4.78 is 39.5. The van der Waals surface area contributed by atoms with Crippen LogP contribution in [0, 0.1) is 0 Å². The summed E-state index contributed by atoms with van der Waals surface area (Å²) in [4.78, 5) is 9.94. The lowest BCUT2D eigenvalue weighted by molar-refractivity contribution is -0.274. The van der Waals surface area contributed by atoms with Gasteiger partial charge in [-0.05, 0) is 23.8 Å². The van der Waals surface area contributed by atoms with Gasteiger partial charge in [0.25, 0.3) is 0 Å². The lowest BCUT2D eigenvalue weighted by atomic mass is 10.2. The summed E-state index contributed by atoms with van der Waals surface area (Å²) in [6.45, 7) is 0. The van der Waals surface area contributed by atoms with Crippen LogP contribution in [0.25, 0.3) is 6.08 Å². The molecule has 0 N–H and O–H groups in total. The molecule has 0 fully saturated rings. The van der Waals surface area contributed by atoms with Gasteiger partial charge in [0, 0.05) is 0 Å². The average Bonchev–Trinajstić information content (AvgIpc) is 2.17. The molecule has 0 aliphatic carbocycles. The van der Waals surface area contributed by atoms with Crippen LogP contribution in [0.3, 0.4) is 0 Å². The van der Waals surface area contributed by atoms with Gasteiger partial charge in [0.1, 0.15) is 5.75 Å². The molecule has 0 aromatic heterocycles. The van der Waals surface area contributed by atoms with Crippen molar-refractivity contribution in [2.75, 3.05) is 0 Å². The molecule has 2 nitrogen and oxygen atoms in total. The van der Waals surface area contributed by atoms with Gasteiger partial charge < -0.3 is 4.74 Å². The van der Waals surface area contributed by atoms with Crippen molar-refractivity contribution in [3.8, 4) is 5.75 Å². The molecule has 0 atom stereocenters. The quantitative estimate of drug-likeness (QED) is 0.768. The first-order valence-corrected chi connectivity index (χ1v) is 4.40. The van der Waals surface area contributed by atoms with Crippen molar-refractivity contribution < 1.29 is 22.7 Å². The molecule has 16 heavy (non-hydrogen) atoms. The van der Waals surface area contributed by atoms with Gasteiger partial charge in [-0.3, -0.25) is 4.79 Å². The van der Waals surface area contributed by atoms with Gasteiger partial charge in [-0.1, -0.05) is 23.7 Å². The predicted molar refractivity (Wildman–Crippen MR) is 52.9 cm³/mol. The first-order valence-electron chi connectivity index (χ1n) is 4.02.